The summed E-state index contributed by atoms with van der Waals surface area (Å²) in [4.78, 5) is 35.9. The van der Waals surface area contributed by atoms with E-state index in [0.29, 0.717) is 19.6 Å². The van der Waals surface area contributed by atoms with Gasteiger partial charge in [-0.2, -0.15) is 0 Å². The van der Waals surface area contributed by atoms with Crippen molar-refractivity contribution in [1.29, 1.82) is 0 Å². The second-order valence-corrected chi connectivity index (χ2v) is 3.82. The maximum absolute atomic E-state index is 11.9. The average Bonchev–Trinajstić information content (AvgIpc) is 2.29. The summed E-state index contributed by atoms with van der Waals surface area (Å²) in [7, 11) is 0. The molecule has 1 rings (SSSR count). The van der Waals surface area contributed by atoms with Gasteiger partial charge in [0.2, 0.25) is 11.8 Å². The number of carbonyl (C=O) groups excluding carboxylic acids is 3. The Morgan fingerprint density at radius 3 is 2.59 bits per heavy atom. The minimum Gasteiger partial charge on any atom is -0.380 e. The monoisotopic (exact) mass is 242 g/mol. The summed E-state index contributed by atoms with van der Waals surface area (Å²) in [5.74, 6) is -1.64. The fourth-order valence-electron chi connectivity index (χ4n) is 1.72. The normalized spacial score (nSPS) is 20.7. The van der Waals surface area contributed by atoms with Gasteiger partial charge in [0.25, 0.3) is 0 Å². The van der Waals surface area contributed by atoms with Crippen molar-refractivity contribution in [2.45, 2.75) is 26.7 Å². The van der Waals surface area contributed by atoms with E-state index in [1.807, 2.05) is 13.8 Å². The van der Waals surface area contributed by atoms with Crippen LogP contribution in [0.3, 0.4) is 0 Å². The number of nitrogens with zero attached hydrogens (tertiary/aromatic N) is 1. The third-order valence-corrected chi connectivity index (χ3v) is 2.60. The fourth-order valence-corrected chi connectivity index (χ4v) is 1.72. The summed E-state index contributed by atoms with van der Waals surface area (Å²) in [5, 5.41) is 2.19. The molecule has 17 heavy (non-hydrogen) atoms. The Kier molecular flexibility index (Phi) is 5.09. The number of nitrogens with one attached hydrogen (secondary N) is 1. The van der Waals surface area contributed by atoms with Crippen LogP contribution in [-0.4, -0.2) is 42.5 Å². The van der Waals surface area contributed by atoms with Crippen LogP contribution in [0.5, 0.6) is 0 Å². The van der Waals surface area contributed by atoms with E-state index in [-0.39, 0.29) is 6.54 Å². The number of carbonyl (C=O) groups is 3. The lowest BCUT2D eigenvalue weighted by Gasteiger charge is -2.29. The summed E-state index contributed by atoms with van der Waals surface area (Å²) in [6.45, 7) is 4.73. The molecule has 0 aliphatic carbocycles. The first-order chi connectivity index (χ1) is 8.11. The zero-order valence-electron chi connectivity index (χ0n) is 10.2. The Bertz CT molecular complexity index is 317. The van der Waals surface area contributed by atoms with Crippen molar-refractivity contribution in [1.82, 2.24) is 10.2 Å². The Hall–Kier alpha value is -1.43. The Morgan fingerprint density at radius 2 is 2.00 bits per heavy atom. The lowest BCUT2D eigenvalue weighted by molar-refractivity contribution is -0.143. The number of hydrogen-bond donors (Lipinski definition) is 1. The van der Waals surface area contributed by atoms with E-state index in [1.54, 1.807) is 0 Å². The second-order valence-electron chi connectivity index (χ2n) is 3.82. The van der Waals surface area contributed by atoms with Crippen LogP contribution in [0.2, 0.25) is 0 Å². The summed E-state index contributed by atoms with van der Waals surface area (Å²) < 4.78 is 5.10. The van der Waals surface area contributed by atoms with E-state index >= 15 is 0 Å². The van der Waals surface area contributed by atoms with E-state index in [9.17, 15) is 14.4 Å². The molecule has 6 heteroatoms. The van der Waals surface area contributed by atoms with Crippen LogP contribution in [0.25, 0.3) is 0 Å². The second kappa shape index (κ2) is 6.34. The van der Waals surface area contributed by atoms with E-state index in [4.69, 9.17) is 4.74 Å². The predicted octanol–water partition coefficient (Wildman–Crippen LogP) is 0.518. The van der Waals surface area contributed by atoms with E-state index < -0.39 is 23.8 Å². The van der Waals surface area contributed by atoms with E-state index in [1.165, 1.54) is 0 Å². The molecule has 1 atom stereocenters. The molecule has 4 amide bonds. The van der Waals surface area contributed by atoms with Crippen LogP contribution in [-0.2, 0) is 14.3 Å². The van der Waals surface area contributed by atoms with Gasteiger partial charge in [-0.3, -0.25) is 19.8 Å². The summed E-state index contributed by atoms with van der Waals surface area (Å²) in [6, 6.07) is -0.646. The molecule has 1 fully saturated rings. The van der Waals surface area contributed by atoms with Crippen molar-refractivity contribution in [3.05, 3.63) is 0 Å². The summed E-state index contributed by atoms with van der Waals surface area (Å²) >= 11 is 0. The first-order valence-corrected chi connectivity index (χ1v) is 5.85. The molecule has 1 aliphatic heterocycles. The lowest BCUT2D eigenvalue weighted by Crippen LogP contribution is -2.58. The van der Waals surface area contributed by atoms with Crippen molar-refractivity contribution >= 4 is 17.8 Å². The SMILES string of the molecule is CCCC1C(=O)NC(=O)N(CCOCC)C1=O. The van der Waals surface area contributed by atoms with Crippen molar-refractivity contribution in [3.63, 3.8) is 0 Å². The third kappa shape index (κ3) is 3.26. The van der Waals surface area contributed by atoms with Gasteiger partial charge in [-0.05, 0) is 13.3 Å². The maximum atomic E-state index is 11.9. The highest BCUT2D eigenvalue weighted by atomic mass is 16.5. The van der Waals surface area contributed by atoms with Crippen LogP contribution in [0.4, 0.5) is 4.79 Å². The molecule has 1 aliphatic rings. The smallest absolute Gasteiger partial charge is 0.330 e. The molecular weight excluding hydrogens is 224 g/mol. The zero-order chi connectivity index (χ0) is 12.8. The van der Waals surface area contributed by atoms with Crippen molar-refractivity contribution in [2.24, 2.45) is 5.92 Å². The molecular formula is C11H18N2O4. The molecule has 0 saturated carbocycles. The average molecular weight is 242 g/mol. The topological polar surface area (TPSA) is 75.7 Å². The molecule has 0 radical (unpaired) electrons. The number of ether oxygens (including phenoxy) is 1. The number of amides is 4. The molecule has 0 bridgehead atoms. The molecule has 1 heterocycles. The van der Waals surface area contributed by atoms with Crippen molar-refractivity contribution in [3.8, 4) is 0 Å². The molecule has 1 saturated heterocycles. The molecule has 96 valence electrons. The van der Waals surface area contributed by atoms with Gasteiger partial charge in [-0.25, -0.2) is 4.79 Å². The third-order valence-electron chi connectivity index (χ3n) is 2.60. The molecule has 1 unspecified atom stereocenters. The van der Waals surface area contributed by atoms with Crippen LogP contribution in [0.1, 0.15) is 26.7 Å². The number of barbiturate groups is 1. The van der Waals surface area contributed by atoms with Crippen LogP contribution < -0.4 is 5.32 Å². The standard InChI is InChI=1S/C11H18N2O4/c1-3-5-8-9(14)12-11(16)13(10(8)15)6-7-17-4-2/h8H,3-7H2,1-2H3,(H,12,14,16). The van der Waals surface area contributed by atoms with Gasteiger partial charge < -0.3 is 4.74 Å². The Morgan fingerprint density at radius 1 is 1.29 bits per heavy atom. The van der Waals surface area contributed by atoms with Gasteiger partial charge in [0.15, 0.2) is 0 Å². The highest BCUT2D eigenvalue weighted by Crippen LogP contribution is 2.15. The van der Waals surface area contributed by atoms with E-state index in [2.05, 4.69) is 5.32 Å². The number of hydrogen-bond acceptors (Lipinski definition) is 4. The molecule has 6 nitrogen and oxygen atoms in total. The van der Waals surface area contributed by atoms with Crippen LogP contribution >= 0.6 is 0 Å². The number of imide groups is 2. The first-order valence-electron chi connectivity index (χ1n) is 5.85. The minimum atomic E-state index is -0.737. The molecule has 0 aromatic rings. The van der Waals surface area contributed by atoms with Gasteiger partial charge in [-0.1, -0.05) is 13.3 Å². The minimum absolute atomic E-state index is 0.187. The number of rotatable bonds is 6. The van der Waals surface area contributed by atoms with Gasteiger partial charge >= 0.3 is 6.03 Å². The van der Waals surface area contributed by atoms with Crippen LogP contribution in [0, 0.1) is 5.92 Å². The zero-order valence-corrected chi connectivity index (χ0v) is 10.2. The molecule has 1 N–H and O–H groups in total. The Labute approximate surface area is 100 Å². The van der Waals surface area contributed by atoms with Crippen LogP contribution in [0.15, 0.2) is 0 Å². The van der Waals surface area contributed by atoms with Gasteiger partial charge in [0.05, 0.1) is 13.2 Å². The molecule has 0 aromatic heterocycles. The Balaban J connectivity index is 2.65. The van der Waals surface area contributed by atoms with Crippen molar-refractivity contribution < 1.29 is 19.1 Å². The van der Waals surface area contributed by atoms with Gasteiger partial charge in [0.1, 0.15) is 5.92 Å². The summed E-state index contributed by atoms with van der Waals surface area (Å²) in [6.07, 6.45) is 1.18. The predicted molar refractivity (Wildman–Crippen MR) is 60.1 cm³/mol. The fraction of sp³-hybridized carbons (Fsp3) is 0.727. The lowest BCUT2D eigenvalue weighted by atomic mass is 9.99. The van der Waals surface area contributed by atoms with E-state index in [0.717, 1.165) is 11.3 Å². The highest BCUT2D eigenvalue weighted by molar-refractivity contribution is 6.16. The van der Waals surface area contributed by atoms with Gasteiger partial charge in [-0.15, -0.1) is 0 Å². The summed E-state index contributed by atoms with van der Waals surface area (Å²) in [5.41, 5.74) is 0. The molecule has 0 aromatic carbocycles. The largest absolute Gasteiger partial charge is 0.380 e. The quantitative estimate of drug-likeness (QED) is 0.544. The maximum Gasteiger partial charge on any atom is 0.330 e. The highest BCUT2D eigenvalue weighted by Gasteiger charge is 2.39. The number of urea groups is 1. The van der Waals surface area contributed by atoms with Gasteiger partial charge in [0, 0.05) is 6.61 Å². The first kappa shape index (κ1) is 13.6. The van der Waals surface area contributed by atoms with Crippen molar-refractivity contribution in [2.75, 3.05) is 19.8 Å². The molecule has 0 spiro atoms.